The molecule has 0 aliphatic rings. The van der Waals surface area contributed by atoms with Gasteiger partial charge in [-0.3, -0.25) is 4.79 Å². The van der Waals surface area contributed by atoms with Crippen LogP contribution in [0.3, 0.4) is 0 Å². The van der Waals surface area contributed by atoms with E-state index in [1.165, 1.54) is 0 Å². The lowest BCUT2D eigenvalue weighted by Crippen LogP contribution is -2.30. The summed E-state index contributed by atoms with van der Waals surface area (Å²) in [6.45, 7) is 4.00. The maximum atomic E-state index is 11.7. The van der Waals surface area contributed by atoms with Crippen LogP contribution in [-0.4, -0.2) is 29.8 Å². The summed E-state index contributed by atoms with van der Waals surface area (Å²) in [5.74, 6) is -0.477. The largest absolute Gasteiger partial charge is 0.487 e. The van der Waals surface area contributed by atoms with Crippen molar-refractivity contribution in [2.45, 2.75) is 32.8 Å². The van der Waals surface area contributed by atoms with Gasteiger partial charge >= 0.3 is 12.0 Å². The number of rotatable bonds is 7. The van der Waals surface area contributed by atoms with Gasteiger partial charge in [0.1, 0.15) is 0 Å². The van der Waals surface area contributed by atoms with E-state index in [2.05, 4.69) is 10.6 Å². The third-order valence-corrected chi connectivity index (χ3v) is 2.72. The summed E-state index contributed by atoms with van der Waals surface area (Å²) in [7, 11) is 0. The number of nitrogens with one attached hydrogen (secondary N) is 2. The molecular weight excluding hydrogens is 296 g/mol. The molecule has 0 fully saturated rings. The summed E-state index contributed by atoms with van der Waals surface area (Å²) in [4.78, 5) is 22.1. The number of hydrogen-bond acceptors (Lipinski definition) is 3. The number of para-hydroxylation sites is 1. The molecule has 0 aromatic heterocycles. The van der Waals surface area contributed by atoms with Crippen LogP contribution in [-0.2, 0) is 4.79 Å². The van der Waals surface area contributed by atoms with Crippen LogP contribution in [0.25, 0.3) is 0 Å². The number of halogens is 1. The van der Waals surface area contributed by atoms with Gasteiger partial charge in [-0.1, -0.05) is 17.7 Å². The van der Waals surface area contributed by atoms with Crippen LogP contribution < -0.4 is 15.4 Å². The van der Waals surface area contributed by atoms with E-state index in [0.29, 0.717) is 22.9 Å². The predicted octanol–water partition coefficient (Wildman–Crippen LogP) is 3.11. The molecule has 0 atom stereocenters. The minimum absolute atomic E-state index is 0.0131. The molecule has 0 unspecified atom stereocenters. The van der Waals surface area contributed by atoms with Crippen LogP contribution in [0.4, 0.5) is 10.5 Å². The van der Waals surface area contributed by atoms with Crippen LogP contribution in [0.15, 0.2) is 18.2 Å². The number of amides is 2. The number of urea groups is 1. The second kappa shape index (κ2) is 8.36. The van der Waals surface area contributed by atoms with Crippen LogP contribution in [0.2, 0.25) is 5.02 Å². The number of ether oxygens (including phenoxy) is 1. The summed E-state index contributed by atoms with van der Waals surface area (Å²) in [5.41, 5.74) is 0.465. The van der Waals surface area contributed by atoms with Gasteiger partial charge < -0.3 is 20.5 Å². The van der Waals surface area contributed by atoms with E-state index in [0.717, 1.165) is 0 Å². The van der Waals surface area contributed by atoms with Crippen LogP contribution in [0.5, 0.6) is 5.75 Å². The number of carboxylic acids is 1. The maximum Gasteiger partial charge on any atom is 0.319 e. The van der Waals surface area contributed by atoms with Crippen molar-refractivity contribution in [2.24, 2.45) is 0 Å². The van der Waals surface area contributed by atoms with E-state index < -0.39 is 12.0 Å². The summed E-state index contributed by atoms with van der Waals surface area (Å²) < 4.78 is 5.58. The smallest absolute Gasteiger partial charge is 0.319 e. The molecule has 0 heterocycles. The highest BCUT2D eigenvalue weighted by molar-refractivity contribution is 6.32. The van der Waals surface area contributed by atoms with Gasteiger partial charge in [-0.05, 0) is 32.4 Å². The van der Waals surface area contributed by atoms with Crippen molar-refractivity contribution in [3.63, 3.8) is 0 Å². The molecule has 0 radical (unpaired) electrons. The second-order valence-corrected chi connectivity index (χ2v) is 5.07. The molecule has 0 aliphatic carbocycles. The molecule has 21 heavy (non-hydrogen) atoms. The van der Waals surface area contributed by atoms with E-state index in [1.54, 1.807) is 18.2 Å². The zero-order chi connectivity index (χ0) is 15.8. The molecule has 7 heteroatoms. The summed E-state index contributed by atoms with van der Waals surface area (Å²) in [5, 5.41) is 14.1. The first kappa shape index (κ1) is 17.1. The first-order chi connectivity index (χ1) is 9.90. The number of carbonyl (C=O) groups is 2. The Bertz CT molecular complexity index is 506. The highest BCUT2D eigenvalue weighted by Crippen LogP contribution is 2.33. The molecule has 1 rings (SSSR count). The van der Waals surface area contributed by atoms with Crippen molar-refractivity contribution in [3.05, 3.63) is 23.2 Å². The minimum Gasteiger partial charge on any atom is -0.487 e. The van der Waals surface area contributed by atoms with Gasteiger partial charge in [-0.2, -0.15) is 0 Å². The van der Waals surface area contributed by atoms with Crippen molar-refractivity contribution in [3.8, 4) is 5.75 Å². The van der Waals surface area contributed by atoms with Crippen molar-refractivity contribution >= 4 is 29.3 Å². The number of carbonyl (C=O) groups excluding carboxylic acids is 1. The van der Waals surface area contributed by atoms with Gasteiger partial charge in [-0.25, -0.2) is 4.79 Å². The standard InChI is InChI=1S/C14H19ClN2O4/c1-9(2)21-13-10(15)5-3-6-11(13)17-14(20)16-8-4-7-12(18)19/h3,5-6,9H,4,7-8H2,1-2H3,(H,18,19)(H2,16,17,20). The number of anilines is 1. The third kappa shape index (κ3) is 6.35. The van der Waals surface area contributed by atoms with E-state index in [1.807, 2.05) is 13.8 Å². The van der Waals surface area contributed by atoms with Crippen molar-refractivity contribution in [1.29, 1.82) is 0 Å². The number of benzene rings is 1. The summed E-state index contributed by atoms with van der Waals surface area (Å²) >= 11 is 6.06. The SMILES string of the molecule is CC(C)Oc1c(Cl)cccc1NC(=O)NCCCC(=O)O. The molecule has 3 N–H and O–H groups in total. The molecule has 1 aromatic carbocycles. The van der Waals surface area contributed by atoms with E-state index in [9.17, 15) is 9.59 Å². The van der Waals surface area contributed by atoms with Crippen molar-refractivity contribution in [1.82, 2.24) is 5.32 Å². The highest BCUT2D eigenvalue weighted by atomic mass is 35.5. The van der Waals surface area contributed by atoms with Crippen LogP contribution >= 0.6 is 11.6 Å². The van der Waals surface area contributed by atoms with Gasteiger partial charge in [0, 0.05) is 13.0 Å². The average molecular weight is 315 g/mol. The monoisotopic (exact) mass is 314 g/mol. The Hall–Kier alpha value is -1.95. The average Bonchev–Trinajstić information content (AvgIpc) is 2.38. The highest BCUT2D eigenvalue weighted by Gasteiger charge is 2.12. The Labute approximate surface area is 128 Å². The zero-order valence-corrected chi connectivity index (χ0v) is 12.7. The first-order valence-corrected chi connectivity index (χ1v) is 6.99. The Balaban J connectivity index is 2.59. The summed E-state index contributed by atoms with van der Waals surface area (Å²) in [6.07, 6.45) is 0.302. The van der Waals surface area contributed by atoms with Gasteiger partial charge in [0.05, 0.1) is 16.8 Å². The molecule has 6 nitrogen and oxygen atoms in total. The van der Waals surface area contributed by atoms with Crippen LogP contribution in [0.1, 0.15) is 26.7 Å². The normalized spacial score (nSPS) is 10.3. The fourth-order valence-corrected chi connectivity index (χ4v) is 1.79. The molecule has 0 saturated heterocycles. The lowest BCUT2D eigenvalue weighted by molar-refractivity contribution is -0.137. The van der Waals surface area contributed by atoms with Gasteiger partial charge in [0.2, 0.25) is 0 Å². The molecule has 1 aromatic rings. The van der Waals surface area contributed by atoms with E-state index >= 15 is 0 Å². The minimum atomic E-state index is -0.889. The fourth-order valence-electron chi connectivity index (χ4n) is 1.57. The predicted molar refractivity (Wildman–Crippen MR) is 81.1 cm³/mol. The molecule has 0 aliphatic heterocycles. The van der Waals surface area contributed by atoms with Crippen molar-refractivity contribution in [2.75, 3.05) is 11.9 Å². The topological polar surface area (TPSA) is 87.7 Å². The number of hydrogen-bond donors (Lipinski definition) is 3. The second-order valence-electron chi connectivity index (χ2n) is 4.66. The van der Waals surface area contributed by atoms with Gasteiger partial charge in [0.25, 0.3) is 0 Å². The van der Waals surface area contributed by atoms with Gasteiger partial charge in [-0.15, -0.1) is 0 Å². The third-order valence-electron chi connectivity index (χ3n) is 2.42. The van der Waals surface area contributed by atoms with Crippen LogP contribution in [0, 0.1) is 0 Å². The Morgan fingerprint density at radius 3 is 2.71 bits per heavy atom. The molecule has 2 amide bonds. The molecule has 0 spiro atoms. The maximum absolute atomic E-state index is 11.7. The van der Waals surface area contributed by atoms with Gasteiger partial charge in [0.15, 0.2) is 5.75 Å². The molecule has 0 saturated carbocycles. The van der Waals surface area contributed by atoms with Crippen molar-refractivity contribution < 1.29 is 19.4 Å². The Morgan fingerprint density at radius 1 is 1.38 bits per heavy atom. The molecule has 116 valence electrons. The quantitative estimate of drug-likeness (QED) is 0.675. The first-order valence-electron chi connectivity index (χ1n) is 6.62. The summed E-state index contributed by atoms with van der Waals surface area (Å²) in [6, 6.07) is 4.63. The molecular formula is C14H19ClN2O4. The number of carboxylic acid groups (broad SMARTS) is 1. The zero-order valence-electron chi connectivity index (χ0n) is 12.0. The lowest BCUT2D eigenvalue weighted by atomic mass is 10.3. The Morgan fingerprint density at radius 2 is 2.10 bits per heavy atom. The number of aliphatic carboxylic acids is 1. The van der Waals surface area contributed by atoms with E-state index in [4.69, 9.17) is 21.4 Å². The fraction of sp³-hybridized carbons (Fsp3) is 0.429. The Kier molecular flexibility index (Phi) is 6.81. The van der Waals surface area contributed by atoms with E-state index in [-0.39, 0.29) is 19.1 Å². The lowest BCUT2D eigenvalue weighted by Gasteiger charge is -2.16. The molecule has 0 bridgehead atoms.